The van der Waals surface area contributed by atoms with Crippen molar-refractivity contribution in [2.24, 2.45) is 0 Å². The van der Waals surface area contributed by atoms with E-state index < -0.39 is 0 Å². The van der Waals surface area contributed by atoms with Crippen molar-refractivity contribution in [2.75, 3.05) is 9.80 Å². The van der Waals surface area contributed by atoms with Crippen LogP contribution in [0.4, 0.5) is 34.1 Å². The van der Waals surface area contributed by atoms with Gasteiger partial charge in [-0.25, -0.2) is 0 Å². The van der Waals surface area contributed by atoms with Crippen molar-refractivity contribution < 1.29 is 4.42 Å². The summed E-state index contributed by atoms with van der Waals surface area (Å²) in [6, 6.07) is 79.1. The highest BCUT2D eigenvalue weighted by Crippen LogP contribution is 2.51. The number of fused-ring (bicyclic) bond motifs is 8. The van der Waals surface area contributed by atoms with Crippen molar-refractivity contribution >= 4 is 77.6 Å². The number of para-hydroxylation sites is 2. The Hall–Kier alpha value is -7.88. The molecule has 0 N–H and O–H groups in total. The Morgan fingerprint density at radius 1 is 0.339 bits per heavy atom. The van der Waals surface area contributed by atoms with Crippen molar-refractivity contribution in [3.8, 4) is 22.3 Å². The van der Waals surface area contributed by atoms with E-state index >= 15 is 0 Å². The van der Waals surface area contributed by atoms with Gasteiger partial charge in [-0.15, -0.1) is 0 Å². The highest BCUT2D eigenvalue weighted by atomic mass is 16.3. The van der Waals surface area contributed by atoms with Crippen molar-refractivity contribution in [3.63, 3.8) is 0 Å². The van der Waals surface area contributed by atoms with Crippen LogP contribution in [0.25, 0.3) is 65.7 Å². The Bertz CT molecular complexity index is 3500. The second-order valence-electron chi connectivity index (χ2n) is 16.9. The van der Waals surface area contributed by atoms with E-state index in [-0.39, 0.29) is 5.41 Å². The SMILES string of the molecule is CC1(C)c2ccccc2-c2ccc(N(c3ccc(-c4ccc(N(c5ccccc5)c5ccc6c(c5)oc5ccccc56)c5ccccc45)cc3)c3cccc4ccccc34)cc21. The zero-order chi connectivity index (χ0) is 41.4. The lowest BCUT2D eigenvalue weighted by molar-refractivity contribution is 0.660. The van der Waals surface area contributed by atoms with E-state index in [4.69, 9.17) is 4.42 Å². The van der Waals surface area contributed by atoms with Gasteiger partial charge in [-0.3, -0.25) is 0 Å². The van der Waals surface area contributed by atoms with Crippen LogP contribution >= 0.6 is 0 Å². The first-order chi connectivity index (χ1) is 30.5. The molecule has 1 aromatic heterocycles. The highest BCUT2D eigenvalue weighted by molar-refractivity contribution is 6.09. The maximum atomic E-state index is 6.40. The first-order valence-electron chi connectivity index (χ1n) is 21.4. The van der Waals surface area contributed by atoms with E-state index in [9.17, 15) is 0 Å². The molecule has 0 bridgehead atoms. The molecule has 1 aliphatic rings. The van der Waals surface area contributed by atoms with Gasteiger partial charge in [-0.05, 0) is 111 Å². The van der Waals surface area contributed by atoms with Crippen LogP contribution in [-0.4, -0.2) is 0 Å². The molecule has 0 unspecified atom stereocenters. The summed E-state index contributed by atoms with van der Waals surface area (Å²) in [5.41, 5.74) is 16.0. The van der Waals surface area contributed by atoms with Crippen LogP contribution in [0, 0.1) is 0 Å². The fourth-order valence-electron chi connectivity index (χ4n) is 10.0. The Balaban J connectivity index is 0.977. The number of rotatable bonds is 7. The Labute approximate surface area is 361 Å². The number of nitrogens with zero attached hydrogens (tertiary/aromatic N) is 2. The molecule has 0 amide bonds. The fourth-order valence-corrected chi connectivity index (χ4v) is 10.0. The first kappa shape index (κ1) is 36.0. The number of furan rings is 1. The van der Waals surface area contributed by atoms with Gasteiger partial charge in [0.1, 0.15) is 11.2 Å². The van der Waals surface area contributed by atoms with Gasteiger partial charge in [0, 0.05) is 55.8 Å². The molecule has 0 radical (unpaired) electrons. The minimum Gasteiger partial charge on any atom is -0.456 e. The summed E-state index contributed by atoms with van der Waals surface area (Å²) < 4.78 is 6.40. The second-order valence-corrected chi connectivity index (χ2v) is 16.9. The summed E-state index contributed by atoms with van der Waals surface area (Å²) in [6.45, 7) is 4.71. The van der Waals surface area contributed by atoms with Crippen LogP contribution in [-0.2, 0) is 5.41 Å². The van der Waals surface area contributed by atoms with Crippen molar-refractivity contribution in [1.29, 1.82) is 0 Å². The molecule has 12 rings (SSSR count). The Morgan fingerprint density at radius 3 is 1.74 bits per heavy atom. The number of anilines is 6. The molecule has 0 fully saturated rings. The number of benzene rings is 10. The summed E-state index contributed by atoms with van der Waals surface area (Å²) >= 11 is 0. The van der Waals surface area contributed by atoms with Crippen LogP contribution in [0.15, 0.2) is 223 Å². The van der Waals surface area contributed by atoms with E-state index in [0.717, 1.165) is 61.6 Å². The maximum Gasteiger partial charge on any atom is 0.137 e. The zero-order valence-corrected chi connectivity index (χ0v) is 34.6. The van der Waals surface area contributed by atoms with Gasteiger partial charge in [-0.2, -0.15) is 0 Å². The molecular weight excluding hydrogens is 753 g/mol. The standard InChI is InChI=1S/C59H42N2O/c1-59(2)53-24-12-10-21-48(53)49-33-31-43(37-54(49)59)61(55-25-14-16-39-15-6-7-19-46(39)55)42-29-27-40(28-30-42)45-35-36-56(50-22-9-8-20-47(45)50)60(41-17-4-3-5-18-41)44-32-34-52-51-23-11-13-26-57(51)62-58(52)38-44/h3-38H,1-2H3. The number of hydrogen-bond donors (Lipinski definition) is 0. The molecule has 294 valence electrons. The molecule has 1 heterocycles. The molecule has 0 atom stereocenters. The molecule has 62 heavy (non-hydrogen) atoms. The van der Waals surface area contributed by atoms with Crippen LogP contribution in [0.5, 0.6) is 0 Å². The summed E-state index contributed by atoms with van der Waals surface area (Å²) in [7, 11) is 0. The summed E-state index contributed by atoms with van der Waals surface area (Å²) in [6.07, 6.45) is 0. The fraction of sp³-hybridized carbons (Fsp3) is 0.0508. The van der Waals surface area contributed by atoms with Gasteiger partial charge < -0.3 is 14.2 Å². The molecule has 1 aliphatic carbocycles. The lowest BCUT2D eigenvalue weighted by Gasteiger charge is -2.29. The third kappa shape index (κ3) is 5.66. The Morgan fingerprint density at radius 2 is 0.903 bits per heavy atom. The molecule has 3 nitrogen and oxygen atoms in total. The topological polar surface area (TPSA) is 19.6 Å². The maximum absolute atomic E-state index is 6.40. The van der Waals surface area contributed by atoms with Gasteiger partial charge in [0.2, 0.25) is 0 Å². The molecule has 0 saturated heterocycles. The molecular formula is C59H42N2O. The van der Waals surface area contributed by atoms with Crippen molar-refractivity contribution in [2.45, 2.75) is 19.3 Å². The molecule has 3 heteroatoms. The van der Waals surface area contributed by atoms with Crippen molar-refractivity contribution in [1.82, 2.24) is 0 Å². The molecule has 0 aliphatic heterocycles. The third-order valence-electron chi connectivity index (χ3n) is 13.0. The smallest absolute Gasteiger partial charge is 0.137 e. The van der Waals surface area contributed by atoms with Crippen molar-refractivity contribution in [3.05, 3.63) is 230 Å². The van der Waals surface area contributed by atoms with E-state index in [2.05, 4.69) is 230 Å². The van der Waals surface area contributed by atoms with E-state index in [1.807, 2.05) is 12.1 Å². The second kappa shape index (κ2) is 14.1. The molecule has 0 saturated carbocycles. The first-order valence-corrected chi connectivity index (χ1v) is 21.4. The molecule has 0 spiro atoms. The van der Waals surface area contributed by atoms with Crippen LogP contribution in [0.1, 0.15) is 25.0 Å². The van der Waals surface area contributed by atoms with Gasteiger partial charge in [0.05, 0.1) is 11.4 Å². The van der Waals surface area contributed by atoms with Crippen LogP contribution < -0.4 is 9.80 Å². The lowest BCUT2D eigenvalue weighted by atomic mass is 9.82. The summed E-state index contributed by atoms with van der Waals surface area (Å²) in [5.74, 6) is 0. The lowest BCUT2D eigenvalue weighted by Crippen LogP contribution is -2.16. The quantitative estimate of drug-likeness (QED) is 0.160. The predicted molar refractivity (Wildman–Crippen MR) is 261 cm³/mol. The minimum atomic E-state index is -0.111. The third-order valence-corrected chi connectivity index (χ3v) is 13.0. The predicted octanol–water partition coefficient (Wildman–Crippen LogP) is 16.8. The summed E-state index contributed by atoms with van der Waals surface area (Å²) in [5, 5.41) is 7.03. The van der Waals surface area contributed by atoms with Gasteiger partial charge in [0.15, 0.2) is 0 Å². The van der Waals surface area contributed by atoms with Gasteiger partial charge in [0.25, 0.3) is 0 Å². The zero-order valence-electron chi connectivity index (χ0n) is 34.6. The number of hydrogen-bond acceptors (Lipinski definition) is 3. The largest absolute Gasteiger partial charge is 0.456 e. The molecule has 11 aromatic rings. The van der Waals surface area contributed by atoms with Crippen LogP contribution in [0.2, 0.25) is 0 Å². The normalized spacial score (nSPS) is 12.8. The average Bonchev–Trinajstić information content (AvgIpc) is 3.81. The van der Waals surface area contributed by atoms with Crippen LogP contribution in [0.3, 0.4) is 0 Å². The highest BCUT2D eigenvalue weighted by Gasteiger charge is 2.36. The summed E-state index contributed by atoms with van der Waals surface area (Å²) in [4.78, 5) is 4.78. The minimum absolute atomic E-state index is 0.111. The van der Waals surface area contributed by atoms with E-state index in [1.165, 1.54) is 49.4 Å². The van der Waals surface area contributed by atoms with E-state index in [1.54, 1.807) is 0 Å². The Kier molecular flexibility index (Phi) is 8.20. The van der Waals surface area contributed by atoms with Gasteiger partial charge >= 0.3 is 0 Å². The van der Waals surface area contributed by atoms with E-state index in [0.29, 0.717) is 0 Å². The van der Waals surface area contributed by atoms with Gasteiger partial charge in [-0.1, -0.05) is 159 Å². The molecule has 10 aromatic carbocycles. The average molecular weight is 795 g/mol. The monoisotopic (exact) mass is 794 g/mol.